The van der Waals surface area contributed by atoms with Gasteiger partial charge in [-0.2, -0.15) is 0 Å². The highest BCUT2D eigenvalue weighted by molar-refractivity contribution is 7.71. The van der Waals surface area contributed by atoms with Crippen LogP contribution >= 0.6 is 12.2 Å². The predicted octanol–water partition coefficient (Wildman–Crippen LogP) is 4.81. The van der Waals surface area contributed by atoms with Gasteiger partial charge in [0, 0.05) is 20.0 Å². The Balaban J connectivity index is 1.96. The van der Waals surface area contributed by atoms with E-state index in [9.17, 15) is 0 Å². The highest BCUT2D eigenvalue weighted by Gasteiger charge is 2.16. The molecule has 1 aromatic carbocycles. The van der Waals surface area contributed by atoms with Gasteiger partial charge in [-0.1, -0.05) is 48.5 Å². The predicted molar refractivity (Wildman–Crippen MR) is 97.3 cm³/mol. The second kappa shape index (κ2) is 5.60. The van der Waals surface area contributed by atoms with Crippen molar-refractivity contribution >= 4 is 23.3 Å². The minimum Gasteiger partial charge on any atom is -0.328 e. The van der Waals surface area contributed by atoms with E-state index in [0.29, 0.717) is 0 Å². The summed E-state index contributed by atoms with van der Waals surface area (Å²) < 4.78 is 5.38. The van der Waals surface area contributed by atoms with Gasteiger partial charge < -0.3 is 9.13 Å². The Morgan fingerprint density at radius 1 is 1.09 bits per heavy atom. The molecule has 1 aliphatic rings. The van der Waals surface area contributed by atoms with Crippen LogP contribution in [0.1, 0.15) is 30.7 Å². The van der Waals surface area contributed by atoms with Crippen LogP contribution in [0, 0.1) is 11.6 Å². The Morgan fingerprint density at radius 3 is 2.65 bits per heavy atom. The molecule has 0 spiro atoms. The summed E-state index contributed by atoms with van der Waals surface area (Å²) in [7, 11) is 2.09. The Labute approximate surface area is 141 Å². The molecule has 23 heavy (non-hydrogen) atoms. The zero-order chi connectivity index (χ0) is 16.0. The van der Waals surface area contributed by atoms with Crippen LogP contribution in [-0.2, 0) is 20.0 Å². The second-order valence-electron chi connectivity index (χ2n) is 6.49. The van der Waals surface area contributed by atoms with Gasteiger partial charge in [0.25, 0.3) is 0 Å². The lowest BCUT2D eigenvalue weighted by molar-refractivity contribution is 0.622. The van der Waals surface area contributed by atoms with Gasteiger partial charge in [0.2, 0.25) is 0 Å². The number of hydrogen-bond acceptors (Lipinski definition) is 2. The minimum atomic E-state index is 0.945. The first-order chi connectivity index (χ1) is 11.1. The van der Waals surface area contributed by atoms with Crippen molar-refractivity contribution in [2.45, 2.75) is 39.2 Å². The van der Waals surface area contributed by atoms with Crippen LogP contribution in [0.4, 0.5) is 0 Å². The standard InChI is InChI=1S/C19H21N3S/c1-13-7-9-14(10-8-13)16-12-15-18(21(16)2)20-17-6-4-3-5-11-22(17)19(15)23/h7-10,12H,3-6,11H2,1-2H3. The summed E-state index contributed by atoms with van der Waals surface area (Å²) >= 11 is 5.79. The van der Waals surface area contributed by atoms with Crippen molar-refractivity contribution in [3.05, 3.63) is 46.4 Å². The van der Waals surface area contributed by atoms with Crippen LogP contribution < -0.4 is 0 Å². The van der Waals surface area contributed by atoms with E-state index in [2.05, 4.69) is 53.4 Å². The van der Waals surface area contributed by atoms with Crippen molar-refractivity contribution in [2.24, 2.45) is 7.05 Å². The summed E-state index contributed by atoms with van der Waals surface area (Å²) in [6.07, 6.45) is 4.71. The Hall–Kier alpha value is -1.94. The molecule has 3 aromatic rings. The summed E-state index contributed by atoms with van der Waals surface area (Å²) in [5, 5.41) is 1.10. The number of fused-ring (bicyclic) bond motifs is 2. The average molecular weight is 323 g/mol. The number of hydrogen-bond donors (Lipinski definition) is 0. The van der Waals surface area contributed by atoms with Crippen LogP contribution in [0.25, 0.3) is 22.3 Å². The fraction of sp³-hybridized carbons (Fsp3) is 0.368. The average Bonchev–Trinajstić information content (AvgIpc) is 2.73. The zero-order valence-electron chi connectivity index (χ0n) is 13.7. The van der Waals surface area contributed by atoms with Crippen molar-refractivity contribution in [2.75, 3.05) is 0 Å². The molecule has 0 fully saturated rings. The highest BCUT2D eigenvalue weighted by atomic mass is 32.1. The van der Waals surface area contributed by atoms with Crippen LogP contribution in [0.3, 0.4) is 0 Å². The molecule has 1 aliphatic heterocycles. The van der Waals surface area contributed by atoms with Crippen LogP contribution in [0.15, 0.2) is 30.3 Å². The molecule has 0 saturated carbocycles. The monoisotopic (exact) mass is 323 g/mol. The van der Waals surface area contributed by atoms with Gasteiger partial charge in [-0.25, -0.2) is 4.98 Å². The van der Waals surface area contributed by atoms with E-state index >= 15 is 0 Å². The first kappa shape index (κ1) is 14.6. The second-order valence-corrected chi connectivity index (χ2v) is 6.87. The molecule has 0 saturated heterocycles. The lowest BCUT2D eigenvalue weighted by Crippen LogP contribution is -2.09. The van der Waals surface area contributed by atoms with E-state index in [1.807, 2.05) is 0 Å². The maximum absolute atomic E-state index is 5.79. The summed E-state index contributed by atoms with van der Waals surface area (Å²) in [5.74, 6) is 1.15. The topological polar surface area (TPSA) is 22.8 Å². The maximum atomic E-state index is 5.79. The van der Waals surface area contributed by atoms with Crippen molar-refractivity contribution in [1.29, 1.82) is 0 Å². The number of nitrogens with zero attached hydrogens (tertiary/aromatic N) is 3. The lowest BCUT2D eigenvalue weighted by atomic mass is 10.1. The Bertz CT molecular complexity index is 932. The molecular formula is C19H21N3S. The van der Waals surface area contributed by atoms with Crippen LogP contribution in [0.5, 0.6) is 0 Å². The largest absolute Gasteiger partial charge is 0.328 e. The third-order valence-corrected chi connectivity index (χ3v) is 5.29. The molecule has 0 N–H and O–H groups in total. The van der Waals surface area contributed by atoms with E-state index in [1.165, 1.54) is 36.1 Å². The lowest BCUT2D eigenvalue weighted by Gasteiger charge is -2.10. The molecule has 4 rings (SSSR count). The van der Waals surface area contributed by atoms with Gasteiger partial charge >= 0.3 is 0 Å². The van der Waals surface area contributed by atoms with Gasteiger partial charge in [0.1, 0.15) is 16.1 Å². The van der Waals surface area contributed by atoms with E-state index < -0.39 is 0 Å². The van der Waals surface area contributed by atoms with Gasteiger partial charge in [0.15, 0.2) is 0 Å². The summed E-state index contributed by atoms with van der Waals surface area (Å²) in [4.78, 5) is 4.96. The van der Waals surface area contributed by atoms with Crippen LogP contribution in [-0.4, -0.2) is 14.1 Å². The van der Waals surface area contributed by atoms with E-state index in [0.717, 1.165) is 34.5 Å². The Kier molecular flexibility index (Phi) is 3.57. The highest BCUT2D eigenvalue weighted by Crippen LogP contribution is 2.28. The molecule has 0 radical (unpaired) electrons. The molecule has 2 aromatic heterocycles. The van der Waals surface area contributed by atoms with Gasteiger partial charge in [-0.3, -0.25) is 0 Å². The van der Waals surface area contributed by atoms with Crippen molar-refractivity contribution in [3.63, 3.8) is 0 Å². The summed E-state index contributed by atoms with van der Waals surface area (Å²) in [6.45, 7) is 3.12. The zero-order valence-corrected chi connectivity index (χ0v) is 14.5. The van der Waals surface area contributed by atoms with Crippen molar-refractivity contribution in [1.82, 2.24) is 14.1 Å². The molecule has 118 valence electrons. The Morgan fingerprint density at radius 2 is 1.87 bits per heavy atom. The minimum absolute atomic E-state index is 0.945. The number of rotatable bonds is 1. The molecule has 4 heteroatoms. The molecule has 0 aliphatic carbocycles. The number of benzene rings is 1. The SMILES string of the molecule is Cc1ccc(-c2cc3c(=S)n4c(nc3n2C)CCCCC4)cc1. The third-order valence-electron chi connectivity index (χ3n) is 4.85. The third kappa shape index (κ3) is 2.41. The fourth-order valence-corrected chi connectivity index (χ4v) is 3.83. The molecule has 3 nitrogen and oxygen atoms in total. The molecule has 3 heterocycles. The van der Waals surface area contributed by atoms with E-state index in [-0.39, 0.29) is 0 Å². The smallest absolute Gasteiger partial charge is 0.145 e. The fourth-order valence-electron chi connectivity index (χ4n) is 3.48. The summed E-state index contributed by atoms with van der Waals surface area (Å²) in [6, 6.07) is 10.8. The molecule has 0 unspecified atom stereocenters. The van der Waals surface area contributed by atoms with Gasteiger partial charge in [-0.15, -0.1) is 0 Å². The van der Waals surface area contributed by atoms with E-state index in [1.54, 1.807) is 0 Å². The molecule has 0 atom stereocenters. The quantitative estimate of drug-likeness (QED) is 0.600. The van der Waals surface area contributed by atoms with E-state index in [4.69, 9.17) is 17.2 Å². The van der Waals surface area contributed by atoms with Gasteiger partial charge in [0.05, 0.1) is 11.1 Å². The summed E-state index contributed by atoms with van der Waals surface area (Å²) in [5.41, 5.74) is 4.68. The first-order valence-electron chi connectivity index (χ1n) is 8.31. The maximum Gasteiger partial charge on any atom is 0.145 e. The molecule has 0 amide bonds. The number of aromatic nitrogens is 3. The number of aryl methyl sites for hydroxylation is 3. The van der Waals surface area contributed by atoms with Crippen molar-refractivity contribution < 1.29 is 0 Å². The van der Waals surface area contributed by atoms with Crippen LogP contribution in [0.2, 0.25) is 0 Å². The van der Waals surface area contributed by atoms with Crippen molar-refractivity contribution in [3.8, 4) is 11.3 Å². The molecular weight excluding hydrogens is 302 g/mol. The first-order valence-corrected chi connectivity index (χ1v) is 8.72. The van der Waals surface area contributed by atoms with Gasteiger partial charge in [-0.05, 0) is 31.4 Å². The molecule has 0 bridgehead atoms. The normalized spacial score (nSPS) is 14.7.